The van der Waals surface area contributed by atoms with Gasteiger partial charge in [-0.15, -0.1) is 0 Å². The van der Waals surface area contributed by atoms with Crippen LogP contribution in [0, 0.1) is 0 Å². The fourth-order valence-corrected chi connectivity index (χ4v) is 2.27. The van der Waals surface area contributed by atoms with Crippen molar-refractivity contribution in [3.63, 3.8) is 0 Å². The smallest absolute Gasteiger partial charge is 0.203 e. The SMILES string of the molecule is COc1ccc(CN(C)C2CNC2)c(OC)c1OC. The van der Waals surface area contributed by atoms with Crippen molar-refractivity contribution in [1.29, 1.82) is 0 Å². The number of likely N-dealkylation sites (N-methyl/N-ethyl adjacent to an activating group) is 1. The number of rotatable bonds is 6. The fourth-order valence-electron chi connectivity index (χ4n) is 2.27. The zero-order chi connectivity index (χ0) is 13.8. The Balaban J connectivity index is 2.23. The largest absolute Gasteiger partial charge is 0.493 e. The number of ether oxygens (including phenoxy) is 3. The van der Waals surface area contributed by atoms with Crippen LogP contribution in [-0.2, 0) is 6.54 Å². The molecule has 0 aliphatic carbocycles. The fraction of sp³-hybridized carbons (Fsp3) is 0.571. The number of nitrogens with zero attached hydrogens (tertiary/aromatic N) is 1. The molecule has 1 saturated heterocycles. The molecule has 0 unspecified atom stereocenters. The van der Waals surface area contributed by atoms with Crippen LogP contribution in [0.3, 0.4) is 0 Å². The van der Waals surface area contributed by atoms with Gasteiger partial charge in [-0.3, -0.25) is 4.90 Å². The van der Waals surface area contributed by atoms with Crippen LogP contribution in [0.2, 0.25) is 0 Å². The van der Waals surface area contributed by atoms with E-state index in [2.05, 4.69) is 17.3 Å². The Labute approximate surface area is 114 Å². The highest BCUT2D eigenvalue weighted by Crippen LogP contribution is 2.40. The highest BCUT2D eigenvalue weighted by atomic mass is 16.5. The lowest BCUT2D eigenvalue weighted by Crippen LogP contribution is -2.55. The lowest BCUT2D eigenvalue weighted by Gasteiger charge is -2.36. The summed E-state index contributed by atoms with van der Waals surface area (Å²) < 4.78 is 16.2. The Bertz CT molecular complexity index is 433. The molecule has 2 rings (SSSR count). The van der Waals surface area contributed by atoms with Gasteiger partial charge in [0.25, 0.3) is 0 Å². The topological polar surface area (TPSA) is 43.0 Å². The third kappa shape index (κ3) is 2.77. The van der Waals surface area contributed by atoms with Crippen LogP contribution in [0.4, 0.5) is 0 Å². The van der Waals surface area contributed by atoms with E-state index in [4.69, 9.17) is 14.2 Å². The van der Waals surface area contributed by atoms with Crippen molar-refractivity contribution in [2.45, 2.75) is 12.6 Å². The molecule has 1 fully saturated rings. The molecule has 0 saturated carbocycles. The van der Waals surface area contributed by atoms with Gasteiger partial charge in [-0.2, -0.15) is 0 Å². The van der Waals surface area contributed by atoms with E-state index in [1.54, 1.807) is 21.3 Å². The van der Waals surface area contributed by atoms with Gasteiger partial charge in [-0.25, -0.2) is 0 Å². The lowest BCUT2D eigenvalue weighted by atomic mass is 10.1. The molecule has 0 atom stereocenters. The quantitative estimate of drug-likeness (QED) is 0.835. The molecular formula is C14H22N2O3. The van der Waals surface area contributed by atoms with E-state index in [1.807, 2.05) is 12.1 Å². The Morgan fingerprint density at radius 3 is 2.26 bits per heavy atom. The summed E-state index contributed by atoms with van der Waals surface area (Å²) in [6, 6.07) is 4.55. The molecule has 106 valence electrons. The van der Waals surface area contributed by atoms with Gasteiger partial charge in [-0.1, -0.05) is 6.07 Å². The zero-order valence-corrected chi connectivity index (χ0v) is 12.0. The predicted octanol–water partition coefficient (Wildman–Crippen LogP) is 1.12. The number of methoxy groups -OCH3 is 3. The molecule has 1 N–H and O–H groups in total. The van der Waals surface area contributed by atoms with Gasteiger partial charge in [0.1, 0.15) is 0 Å². The maximum absolute atomic E-state index is 5.49. The zero-order valence-electron chi connectivity index (χ0n) is 12.0. The van der Waals surface area contributed by atoms with Gasteiger partial charge in [-0.05, 0) is 13.1 Å². The molecule has 5 nitrogen and oxygen atoms in total. The second-order valence-electron chi connectivity index (χ2n) is 4.72. The van der Waals surface area contributed by atoms with Gasteiger partial charge < -0.3 is 19.5 Å². The standard InChI is InChI=1S/C14H22N2O3/c1-16(11-7-15-8-11)9-10-5-6-12(17-2)14(19-4)13(10)18-3/h5-6,11,15H,7-9H2,1-4H3. The van der Waals surface area contributed by atoms with Crippen molar-refractivity contribution in [2.24, 2.45) is 0 Å². The molecule has 1 aliphatic heterocycles. The maximum atomic E-state index is 5.49. The van der Waals surface area contributed by atoms with Gasteiger partial charge >= 0.3 is 0 Å². The van der Waals surface area contributed by atoms with Gasteiger partial charge in [0.15, 0.2) is 11.5 Å². The van der Waals surface area contributed by atoms with Gasteiger partial charge in [0, 0.05) is 31.2 Å². The second-order valence-corrected chi connectivity index (χ2v) is 4.72. The number of hydrogen-bond acceptors (Lipinski definition) is 5. The molecule has 19 heavy (non-hydrogen) atoms. The highest BCUT2D eigenvalue weighted by molar-refractivity contribution is 5.55. The summed E-state index contributed by atoms with van der Waals surface area (Å²) in [7, 11) is 7.04. The Morgan fingerprint density at radius 1 is 1.11 bits per heavy atom. The molecule has 0 amide bonds. The third-order valence-corrected chi connectivity index (χ3v) is 3.59. The summed E-state index contributed by atoms with van der Waals surface area (Å²) in [4.78, 5) is 2.32. The van der Waals surface area contributed by atoms with Crippen molar-refractivity contribution >= 4 is 0 Å². The summed E-state index contributed by atoms with van der Waals surface area (Å²) in [5.74, 6) is 2.10. The summed E-state index contributed by atoms with van der Waals surface area (Å²) in [6.45, 7) is 2.92. The van der Waals surface area contributed by atoms with Crippen molar-refractivity contribution < 1.29 is 14.2 Å². The minimum atomic E-state index is 0.595. The molecule has 5 heteroatoms. The van der Waals surface area contributed by atoms with Gasteiger partial charge in [0.05, 0.1) is 21.3 Å². The van der Waals surface area contributed by atoms with Crippen molar-refractivity contribution in [3.8, 4) is 17.2 Å². The van der Waals surface area contributed by atoms with E-state index < -0.39 is 0 Å². The van der Waals surface area contributed by atoms with E-state index >= 15 is 0 Å². The van der Waals surface area contributed by atoms with Crippen molar-refractivity contribution in [3.05, 3.63) is 17.7 Å². The summed E-state index contributed by atoms with van der Waals surface area (Å²) >= 11 is 0. The molecule has 0 aromatic heterocycles. The van der Waals surface area contributed by atoms with Gasteiger partial charge in [0.2, 0.25) is 5.75 Å². The van der Waals surface area contributed by atoms with E-state index in [-0.39, 0.29) is 0 Å². The summed E-state index contributed by atoms with van der Waals surface area (Å²) in [6.07, 6.45) is 0. The van der Waals surface area contributed by atoms with E-state index in [0.29, 0.717) is 17.5 Å². The van der Waals surface area contributed by atoms with Crippen LogP contribution >= 0.6 is 0 Å². The Kier molecular flexibility index (Phi) is 4.50. The molecule has 1 aromatic carbocycles. The molecular weight excluding hydrogens is 244 g/mol. The van der Waals surface area contributed by atoms with Crippen LogP contribution in [0.5, 0.6) is 17.2 Å². The Hall–Kier alpha value is -1.46. The molecule has 1 aliphatic rings. The summed E-state index contributed by atoms with van der Waals surface area (Å²) in [5, 5.41) is 3.28. The monoisotopic (exact) mass is 266 g/mol. The number of hydrogen-bond donors (Lipinski definition) is 1. The van der Waals surface area contributed by atoms with Crippen LogP contribution in [-0.4, -0.2) is 52.4 Å². The minimum absolute atomic E-state index is 0.595. The average Bonchev–Trinajstić information content (AvgIpc) is 2.35. The maximum Gasteiger partial charge on any atom is 0.203 e. The first-order valence-corrected chi connectivity index (χ1v) is 6.40. The van der Waals surface area contributed by atoms with Crippen LogP contribution < -0.4 is 19.5 Å². The minimum Gasteiger partial charge on any atom is -0.493 e. The van der Waals surface area contributed by atoms with Crippen molar-refractivity contribution in [2.75, 3.05) is 41.5 Å². The van der Waals surface area contributed by atoms with Crippen LogP contribution in [0.25, 0.3) is 0 Å². The first-order valence-electron chi connectivity index (χ1n) is 6.40. The van der Waals surface area contributed by atoms with Crippen LogP contribution in [0.15, 0.2) is 12.1 Å². The van der Waals surface area contributed by atoms with Crippen molar-refractivity contribution in [1.82, 2.24) is 10.2 Å². The summed E-state index contributed by atoms with van der Waals surface area (Å²) in [5.41, 5.74) is 1.11. The normalized spacial score (nSPS) is 15.2. The van der Waals surface area contributed by atoms with Crippen LogP contribution in [0.1, 0.15) is 5.56 Å². The van der Waals surface area contributed by atoms with E-state index in [9.17, 15) is 0 Å². The second kappa shape index (κ2) is 6.12. The lowest BCUT2D eigenvalue weighted by molar-refractivity contribution is 0.171. The predicted molar refractivity (Wildman–Crippen MR) is 74.2 cm³/mol. The first kappa shape index (κ1) is 14.0. The molecule has 1 heterocycles. The number of benzene rings is 1. The molecule has 0 radical (unpaired) electrons. The molecule has 0 spiro atoms. The highest BCUT2D eigenvalue weighted by Gasteiger charge is 2.23. The third-order valence-electron chi connectivity index (χ3n) is 3.59. The molecule has 0 bridgehead atoms. The average molecular weight is 266 g/mol. The number of nitrogens with one attached hydrogen (secondary N) is 1. The molecule has 1 aromatic rings. The first-order chi connectivity index (χ1) is 9.21. The van der Waals surface area contributed by atoms with E-state index in [1.165, 1.54) is 0 Å². The van der Waals surface area contributed by atoms with E-state index in [0.717, 1.165) is 30.9 Å². The Morgan fingerprint density at radius 2 is 1.79 bits per heavy atom.